The van der Waals surface area contributed by atoms with Gasteiger partial charge < -0.3 is 10.1 Å². The van der Waals surface area contributed by atoms with E-state index in [2.05, 4.69) is 10.4 Å². The zero-order valence-corrected chi connectivity index (χ0v) is 12.0. The SMILES string of the molecule is COc1ccccc1NC(=O)n1ncc2cc(Cl)ccc21. The van der Waals surface area contributed by atoms with Crippen molar-refractivity contribution in [1.29, 1.82) is 0 Å². The van der Waals surface area contributed by atoms with Gasteiger partial charge in [0.05, 0.1) is 24.5 Å². The fourth-order valence-corrected chi connectivity index (χ4v) is 2.26. The van der Waals surface area contributed by atoms with Crippen LogP contribution < -0.4 is 10.1 Å². The van der Waals surface area contributed by atoms with Gasteiger partial charge in [-0.3, -0.25) is 0 Å². The van der Waals surface area contributed by atoms with E-state index in [1.807, 2.05) is 12.1 Å². The van der Waals surface area contributed by atoms with E-state index in [9.17, 15) is 4.79 Å². The Morgan fingerprint density at radius 1 is 1.29 bits per heavy atom. The fourth-order valence-electron chi connectivity index (χ4n) is 2.08. The third-order valence-corrected chi connectivity index (χ3v) is 3.31. The van der Waals surface area contributed by atoms with E-state index in [0.717, 1.165) is 5.39 Å². The third-order valence-electron chi connectivity index (χ3n) is 3.07. The van der Waals surface area contributed by atoms with Gasteiger partial charge in [-0.2, -0.15) is 9.78 Å². The van der Waals surface area contributed by atoms with Gasteiger partial charge in [0.25, 0.3) is 0 Å². The summed E-state index contributed by atoms with van der Waals surface area (Å²) < 4.78 is 6.49. The van der Waals surface area contributed by atoms with Crippen LogP contribution in [0, 0.1) is 0 Å². The first-order chi connectivity index (χ1) is 10.2. The molecule has 1 N–H and O–H groups in total. The van der Waals surface area contributed by atoms with E-state index in [-0.39, 0.29) is 6.03 Å². The third kappa shape index (κ3) is 2.55. The smallest absolute Gasteiger partial charge is 0.347 e. The van der Waals surface area contributed by atoms with Crippen LogP contribution in [0.3, 0.4) is 0 Å². The zero-order valence-electron chi connectivity index (χ0n) is 11.2. The average molecular weight is 302 g/mol. The van der Waals surface area contributed by atoms with Crippen molar-refractivity contribution >= 4 is 34.2 Å². The number of hydrogen-bond donors (Lipinski definition) is 1. The van der Waals surface area contributed by atoms with Crippen molar-refractivity contribution in [3.63, 3.8) is 0 Å². The molecule has 3 rings (SSSR count). The van der Waals surface area contributed by atoms with E-state index < -0.39 is 0 Å². The first kappa shape index (κ1) is 13.5. The summed E-state index contributed by atoms with van der Waals surface area (Å²) in [7, 11) is 1.55. The highest BCUT2D eigenvalue weighted by molar-refractivity contribution is 6.31. The van der Waals surface area contributed by atoms with E-state index in [1.54, 1.807) is 43.6 Å². The number of anilines is 1. The van der Waals surface area contributed by atoms with Crippen LogP contribution in [0.25, 0.3) is 10.9 Å². The lowest BCUT2D eigenvalue weighted by atomic mass is 10.2. The molecule has 0 saturated carbocycles. The quantitative estimate of drug-likeness (QED) is 0.783. The van der Waals surface area contributed by atoms with E-state index in [4.69, 9.17) is 16.3 Å². The van der Waals surface area contributed by atoms with Crippen molar-refractivity contribution < 1.29 is 9.53 Å². The van der Waals surface area contributed by atoms with Crippen molar-refractivity contribution in [2.75, 3.05) is 12.4 Å². The number of benzene rings is 2. The van der Waals surface area contributed by atoms with Gasteiger partial charge >= 0.3 is 6.03 Å². The van der Waals surface area contributed by atoms with Gasteiger partial charge in [-0.1, -0.05) is 23.7 Å². The molecule has 0 unspecified atom stereocenters. The van der Waals surface area contributed by atoms with Crippen LogP contribution in [0.15, 0.2) is 48.7 Å². The number of carbonyl (C=O) groups excluding carboxylic acids is 1. The molecule has 0 bridgehead atoms. The number of rotatable bonds is 2. The second-order valence-electron chi connectivity index (χ2n) is 4.39. The number of aromatic nitrogens is 2. The van der Waals surface area contributed by atoms with Gasteiger partial charge in [0, 0.05) is 10.4 Å². The van der Waals surface area contributed by atoms with Gasteiger partial charge in [0.15, 0.2) is 0 Å². The molecule has 0 aliphatic rings. The van der Waals surface area contributed by atoms with Gasteiger partial charge in [-0.15, -0.1) is 0 Å². The van der Waals surface area contributed by atoms with E-state index in [0.29, 0.717) is 22.0 Å². The summed E-state index contributed by atoms with van der Waals surface area (Å²) in [5.74, 6) is 0.588. The van der Waals surface area contributed by atoms with Crippen LogP contribution in [0.1, 0.15) is 0 Å². The van der Waals surface area contributed by atoms with Crippen molar-refractivity contribution in [1.82, 2.24) is 9.78 Å². The van der Waals surface area contributed by atoms with Crippen LogP contribution in [0.2, 0.25) is 5.02 Å². The van der Waals surface area contributed by atoms with Gasteiger partial charge in [0.1, 0.15) is 5.75 Å². The summed E-state index contributed by atoms with van der Waals surface area (Å²) in [5.41, 5.74) is 1.27. The highest BCUT2D eigenvalue weighted by atomic mass is 35.5. The minimum Gasteiger partial charge on any atom is -0.495 e. The summed E-state index contributed by atoms with van der Waals surface area (Å²) in [6.45, 7) is 0. The molecule has 1 amide bonds. The molecule has 106 valence electrons. The predicted octanol–water partition coefficient (Wildman–Crippen LogP) is 3.78. The Balaban J connectivity index is 1.94. The maximum atomic E-state index is 12.3. The summed E-state index contributed by atoms with van der Waals surface area (Å²) in [6, 6.07) is 12.1. The number of methoxy groups -OCH3 is 1. The number of nitrogens with zero attached hydrogens (tertiary/aromatic N) is 2. The second kappa shape index (κ2) is 5.46. The standard InChI is InChI=1S/C15H12ClN3O2/c1-21-14-5-3-2-4-12(14)18-15(20)19-13-7-6-11(16)8-10(13)9-17-19/h2-9H,1H3,(H,18,20). The monoisotopic (exact) mass is 301 g/mol. The Kier molecular flexibility index (Phi) is 3.50. The highest BCUT2D eigenvalue weighted by Crippen LogP contribution is 2.24. The number of ether oxygens (including phenoxy) is 1. The molecular weight excluding hydrogens is 290 g/mol. The maximum Gasteiger partial charge on any atom is 0.347 e. The molecule has 0 atom stereocenters. The summed E-state index contributed by atoms with van der Waals surface area (Å²) in [6.07, 6.45) is 1.60. The number of carbonyl (C=O) groups is 1. The van der Waals surface area contributed by atoms with Crippen LogP contribution in [0.4, 0.5) is 10.5 Å². The van der Waals surface area contributed by atoms with Crippen LogP contribution in [0.5, 0.6) is 5.75 Å². The molecule has 21 heavy (non-hydrogen) atoms. The molecule has 1 heterocycles. The molecule has 0 aliphatic carbocycles. The van der Waals surface area contributed by atoms with Crippen molar-refractivity contribution in [3.8, 4) is 5.75 Å². The van der Waals surface area contributed by atoms with Gasteiger partial charge in [0.2, 0.25) is 0 Å². The largest absolute Gasteiger partial charge is 0.495 e. The highest BCUT2D eigenvalue weighted by Gasteiger charge is 2.12. The molecule has 5 nitrogen and oxygen atoms in total. The Morgan fingerprint density at radius 2 is 2.10 bits per heavy atom. The Hall–Kier alpha value is -2.53. The Labute approximate surface area is 126 Å². The normalized spacial score (nSPS) is 10.6. The first-order valence-electron chi connectivity index (χ1n) is 6.26. The number of hydrogen-bond acceptors (Lipinski definition) is 3. The molecule has 0 fully saturated rings. The number of fused-ring (bicyclic) bond motifs is 1. The lowest BCUT2D eigenvalue weighted by molar-refractivity contribution is 0.251. The predicted molar refractivity (Wildman–Crippen MR) is 82.2 cm³/mol. The average Bonchev–Trinajstić information content (AvgIpc) is 2.90. The molecule has 0 radical (unpaired) electrons. The molecule has 1 aromatic heterocycles. The molecular formula is C15H12ClN3O2. The summed E-state index contributed by atoms with van der Waals surface area (Å²) in [4.78, 5) is 12.3. The Bertz CT molecular complexity index is 814. The molecule has 3 aromatic rings. The van der Waals surface area contributed by atoms with Crippen LogP contribution in [-0.4, -0.2) is 22.9 Å². The molecule has 2 aromatic carbocycles. The molecule has 6 heteroatoms. The van der Waals surface area contributed by atoms with Crippen molar-refractivity contribution in [2.45, 2.75) is 0 Å². The Morgan fingerprint density at radius 3 is 2.90 bits per heavy atom. The lowest BCUT2D eigenvalue weighted by Crippen LogP contribution is -2.20. The van der Waals surface area contributed by atoms with Gasteiger partial charge in [-0.05, 0) is 30.3 Å². The second-order valence-corrected chi connectivity index (χ2v) is 4.83. The van der Waals surface area contributed by atoms with E-state index >= 15 is 0 Å². The molecule has 0 saturated heterocycles. The molecule has 0 aliphatic heterocycles. The minimum atomic E-state index is -0.364. The van der Waals surface area contributed by atoms with Crippen molar-refractivity contribution in [3.05, 3.63) is 53.7 Å². The van der Waals surface area contributed by atoms with Crippen LogP contribution in [-0.2, 0) is 0 Å². The number of para-hydroxylation sites is 2. The maximum absolute atomic E-state index is 12.3. The zero-order chi connectivity index (χ0) is 14.8. The van der Waals surface area contributed by atoms with Gasteiger partial charge in [-0.25, -0.2) is 4.79 Å². The van der Waals surface area contributed by atoms with E-state index in [1.165, 1.54) is 4.68 Å². The fraction of sp³-hybridized carbons (Fsp3) is 0.0667. The summed E-state index contributed by atoms with van der Waals surface area (Å²) in [5, 5.41) is 8.27. The topological polar surface area (TPSA) is 56.1 Å². The lowest BCUT2D eigenvalue weighted by Gasteiger charge is -2.09. The number of amides is 1. The minimum absolute atomic E-state index is 0.364. The number of nitrogens with one attached hydrogen (secondary N) is 1. The van der Waals surface area contributed by atoms with Crippen molar-refractivity contribution in [2.24, 2.45) is 0 Å². The van der Waals surface area contributed by atoms with Crippen LogP contribution >= 0.6 is 11.6 Å². The summed E-state index contributed by atoms with van der Waals surface area (Å²) >= 11 is 5.92. The number of halogens is 1. The first-order valence-corrected chi connectivity index (χ1v) is 6.64. The molecule has 0 spiro atoms.